The summed E-state index contributed by atoms with van der Waals surface area (Å²) in [6.45, 7) is 0. The molecule has 0 aliphatic heterocycles. The summed E-state index contributed by atoms with van der Waals surface area (Å²) in [6.07, 6.45) is -0.670. The third kappa shape index (κ3) is 1.17. The van der Waals surface area contributed by atoms with Crippen LogP contribution in [0.5, 0.6) is 0 Å². The Kier molecular flexibility index (Phi) is 1.34. The maximum absolute atomic E-state index is 11.7. The Balaban J connectivity index is 3.04. The van der Waals surface area contributed by atoms with Gasteiger partial charge in [-0.25, -0.2) is 0 Å². The van der Waals surface area contributed by atoms with E-state index in [1.807, 2.05) is 0 Å². The number of rotatable bonds is 0. The number of hydrogen-bond donors (Lipinski definition) is 0. The van der Waals surface area contributed by atoms with Gasteiger partial charge in [-0.05, 0) is 27.5 Å². The van der Waals surface area contributed by atoms with E-state index in [1.54, 1.807) is 0 Å². The number of halogens is 2. The van der Waals surface area contributed by atoms with E-state index in [2.05, 4.69) is 25.3 Å². The van der Waals surface area contributed by atoms with Crippen LogP contribution in [-0.2, 0) is 0 Å². The summed E-state index contributed by atoms with van der Waals surface area (Å²) in [5, 5.41) is 0. The van der Waals surface area contributed by atoms with Gasteiger partial charge in [0.1, 0.15) is 0 Å². The first-order valence-corrected chi connectivity index (χ1v) is 3.00. The minimum atomic E-state index is -0.670. The van der Waals surface area contributed by atoms with Crippen LogP contribution in [0.3, 0.4) is 0 Å². The van der Waals surface area contributed by atoms with Crippen molar-refractivity contribution in [3.8, 4) is 0 Å². The van der Waals surface area contributed by atoms with Crippen molar-refractivity contribution in [2.45, 2.75) is 0 Å². The topological polar surface area (TPSA) is 25.8 Å². The summed E-state index contributed by atoms with van der Waals surface area (Å²) >= 11 is 3.92. The van der Waals surface area contributed by atoms with Gasteiger partial charge < -0.3 is 0 Å². The summed E-state index contributed by atoms with van der Waals surface area (Å²) in [6, 6.07) is 0. The Labute approximate surface area is 51.7 Å². The van der Waals surface area contributed by atoms with Crippen molar-refractivity contribution in [2.24, 2.45) is 0 Å². The molecule has 0 N–H and O–H groups in total. The van der Waals surface area contributed by atoms with E-state index in [4.69, 9.17) is 0 Å². The molecule has 1 rings (SSSR count). The average Bonchev–Trinajstić information content (AvgIpc) is 1.87. The molecular formula is C2BrFN2S. The van der Waals surface area contributed by atoms with E-state index in [-0.39, 0.29) is 0 Å². The first-order chi connectivity index (χ1) is 3.29. The van der Waals surface area contributed by atoms with Crippen LogP contribution in [0, 0.1) is 6.08 Å². The largest absolute Gasteiger partial charge is 0.321 e. The van der Waals surface area contributed by atoms with E-state index in [9.17, 15) is 4.39 Å². The van der Waals surface area contributed by atoms with Gasteiger partial charge in [-0.1, -0.05) is 0 Å². The van der Waals surface area contributed by atoms with Gasteiger partial charge in [-0.3, -0.25) is 0 Å². The molecule has 1 heterocycles. The van der Waals surface area contributed by atoms with Crippen molar-refractivity contribution in [1.29, 1.82) is 0 Å². The van der Waals surface area contributed by atoms with E-state index >= 15 is 0 Å². The minimum Gasteiger partial charge on any atom is -0.182 e. The molecule has 0 aromatic carbocycles. The third-order valence-electron chi connectivity index (χ3n) is 0.376. The summed E-state index contributed by atoms with van der Waals surface area (Å²) in [5.74, 6) is 0. The van der Waals surface area contributed by atoms with Gasteiger partial charge in [0.25, 0.3) is 0 Å². The maximum atomic E-state index is 11.7. The average molecular weight is 183 g/mol. The normalized spacial score (nSPS) is 9.43. The molecule has 0 radical (unpaired) electrons. The molecule has 0 fully saturated rings. The number of hydrogen-bond acceptors (Lipinski definition) is 3. The molecule has 0 saturated carbocycles. The van der Waals surface area contributed by atoms with Crippen molar-refractivity contribution in [1.82, 2.24) is 9.36 Å². The first kappa shape index (κ1) is 5.11. The number of aromatic nitrogens is 2. The van der Waals surface area contributed by atoms with E-state index in [1.165, 1.54) is 0 Å². The number of nitrogens with zero attached hydrogens (tertiary/aromatic N) is 2. The van der Waals surface area contributed by atoms with E-state index < -0.39 is 6.08 Å². The lowest BCUT2D eigenvalue weighted by Crippen LogP contribution is -1.69. The van der Waals surface area contributed by atoms with Crippen molar-refractivity contribution in [2.75, 3.05) is 0 Å². The Morgan fingerprint density at radius 2 is 2.43 bits per heavy atom. The summed E-state index contributed by atoms with van der Waals surface area (Å²) in [4.78, 5) is 3.27. The zero-order valence-corrected chi connectivity index (χ0v) is 5.46. The summed E-state index contributed by atoms with van der Waals surface area (Å²) in [5.41, 5.74) is 0. The van der Waals surface area contributed by atoms with Crippen molar-refractivity contribution < 1.29 is 4.39 Å². The lowest BCUT2D eigenvalue weighted by molar-refractivity contribution is 0.555. The van der Waals surface area contributed by atoms with E-state index in [0.717, 1.165) is 11.5 Å². The van der Waals surface area contributed by atoms with Gasteiger partial charge in [-0.15, -0.1) is 4.37 Å². The van der Waals surface area contributed by atoms with Crippen LogP contribution in [-0.4, -0.2) is 9.36 Å². The van der Waals surface area contributed by atoms with Crippen molar-refractivity contribution in [3.63, 3.8) is 0 Å². The molecule has 0 amide bonds. The highest BCUT2D eigenvalue weighted by molar-refractivity contribution is 9.11. The van der Waals surface area contributed by atoms with Gasteiger partial charge in [0.15, 0.2) is 3.92 Å². The lowest BCUT2D eigenvalue weighted by atomic mass is 11.3. The summed E-state index contributed by atoms with van der Waals surface area (Å²) < 4.78 is 15.4. The molecular weight excluding hydrogens is 183 g/mol. The molecule has 7 heavy (non-hydrogen) atoms. The van der Waals surface area contributed by atoms with Gasteiger partial charge in [0.2, 0.25) is 0 Å². The molecule has 38 valence electrons. The second-order valence-electron chi connectivity index (χ2n) is 0.816. The Morgan fingerprint density at radius 1 is 1.71 bits per heavy atom. The quantitative estimate of drug-likeness (QED) is 0.608. The monoisotopic (exact) mass is 182 g/mol. The third-order valence-corrected chi connectivity index (χ3v) is 1.47. The first-order valence-electron chi connectivity index (χ1n) is 1.44. The predicted octanol–water partition coefficient (Wildman–Crippen LogP) is 1.44. The van der Waals surface area contributed by atoms with Gasteiger partial charge in [0.05, 0.1) is 0 Å². The van der Waals surface area contributed by atoms with Gasteiger partial charge in [-0.2, -0.15) is 9.37 Å². The lowest BCUT2D eigenvalue weighted by Gasteiger charge is -1.62. The fraction of sp³-hybridized carbons (Fsp3) is 0. The van der Waals surface area contributed by atoms with Crippen LogP contribution in [0.25, 0.3) is 0 Å². The molecule has 1 aromatic rings. The highest BCUT2D eigenvalue weighted by Crippen LogP contribution is 2.09. The van der Waals surface area contributed by atoms with Crippen LogP contribution in [0.1, 0.15) is 0 Å². The molecule has 0 bridgehead atoms. The highest BCUT2D eigenvalue weighted by atomic mass is 79.9. The van der Waals surface area contributed by atoms with Crippen LogP contribution < -0.4 is 0 Å². The Morgan fingerprint density at radius 3 is 2.57 bits per heavy atom. The smallest absolute Gasteiger partial charge is 0.182 e. The van der Waals surface area contributed by atoms with Crippen LogP contribution in [0.2, 0.25) is 0 Å². The molecule has 0 unspecified atom stereocenters. The molecule has 5 heteroatoms. The molecule has 0 spiro atoms. The molecule has 0 aliphatic rings. The second-order valence-corrected chi connectivity index (χ2v) is 2.84. The standard InChI is InChI=1S/C2BrFN2S/c3-1-5-2(4)6-7-1. The molecule has 0 saturated heterocycles. The van der Waals surface area contributed by atoms with Crippen LogP contribution >= 0.6 is 27.5 Å². The van der Waals surface area contributed by atoms with Crippen molar-refractivity contribution >= 4 is 27.5 Å². The Bertz CT molecular complexity index is 148. The molecule has 1 aromatic heterocycles. The summed E-state index contributed by atoms with van der Waals surface area (Å²) in [7, 11) is 0. The van der Waals surface area contributed by atoms with Gasteiger partial charge in [0, 0.05) is 0 Å². The zero-order valence-electron chi connectivity index (χ0n) is 3.06. The molecule has 0 aliphatic carbocycles. The highest BCUT2D eigenvalue weighted by Gasteiger charge is 1.94. The fourth-order valence-corrected chi connectivity index (χ4v) is 0.860. The molecule has 0 atom stereocenters. The van der Waals surface area contributed by atoms with Gasteiger partial charge >= 0.3 is 6.08 Å². The minimum absolute atomic E-state index is 0.477. The van der Waals surface area contributed by atoms with Crippen LogP contribution in [0.15, 0.2) is 3.92 Å². The molecule has 2 nitrogen and oxygen atoms in total. The zero-order chi connectivity index (χ0) is 5.28. The fourth-order valence-electron chi connectivity index (χ4n) is 0.189. The van der Waals surface area contributed by atoms with Crippen molar-refractivity contribution in [3.05, 3.63) is 10.00 Å². The maximum Gasteiger partial charge on any atom is 0.321 e. The predicted molar refractivity (Wildman–Crippen MR) is 27.6 cm³/mol. The van der Waals surface area contributed by atoms with E-state index in [0.29, 0.717) is 3.92 Å². The second kappa shape index (κ2) is 1.83. The SMILES string of the molecule is Fc1nsc(Br)n1. The Hall–Kier alpha value is -0.0300. The van der Waals surface area contributed by atoms with Crippen LogP contribution in [0.4, 0.5) is 4.39 Å².